The van der Waals surface area contributed by atoms with Crippen LogP contribution in [-0.2, 0) is 14.9 Å². The molecule has 106 valence electrons. The van der Waals surface area contributed by atoms with Gasteiger partial charge in [-0.15, -0.1) is 0 Å². The molecule has 7 heteroatoms. The molecule has 2 heterocycles. The van der Waals surface area contributed by atoms with E-state index in [-0.39, 0.29) is 24.9 Å². The molecule has 2 rings (SSSR count). The average molecular weight is 278 g/mol. The van der Waals surface area contributed by atoms with Gasteiger partial charge in [0.05, 0.1) is 18.8 Å². The molecule has 2 fully saturated rings. The zero-order valence-electron chi connectivity index (χ0n) is 10.9. The predicted molar refractivity (Wildman–Crippen MR) is 67.3 cm³/mol. The summed E-state index contributed by atoms with van der Waals surface area (Å²) in [5.41, 5.74) is 0. The second-order valence-electron chi connectivity index (χ2n) is 5.17. The summed E-state index contributed by atoms with van der Waals surface area (Å²) in [6, 6.07) is -0.261. The Morgan fingerprint density at radius 2 is 1.89 bits per heavy atom. The molecular weight excluding hydrogens is 256 g/mol. The summed E-state index contributed by atoms with van der Waals surface area (Å²) in [6.07, 6.45) is 1.39. The number of hydrogen-bond acceptors (Lipinski definition) is 4. The van der Waals surface area contributed by atoms with Crippen LogP contribution in [0.3, 0.4) is 0 Å². The van der Waals surface area contributed by atoms with E-state index in [9.17, 15) is 13.5 Å². The molecule has 0 aromatic rings. The Morgan fingerprint density at radius 1 is 1.28 bits per heavy atom. The largest absolute Gasteiger partial charge is 0.395 e. The molecule has 0 saturated carbocycles. The molecule has 2 aliphatic rings. The van der Waals surface area contributed by atoms with Crippen LogP contribution < -0.4 is 0 Å². The van der Waals surface area contributed by atoms with Gasteiger partial charge in [0.15, 0.2) is 0 Å². The third-order valence-corrected chi connectivity index (χ3v) is 5.57. The summed E-state index contributed by atoms with van der Waals surface area (Å²) in [6.45, 7) is 4.95. The third-order valence-electron chi connectivity index (χ3n) is 3.54. The number of rotatable bonds is 3. The molecule has 18 heavy (non-hydrogen) atoms. The van der Waals surface area contributed by atoms with Gasteiger partial charge in [0.1, 0.15) is 0 Å². The Morgan fingerprint density at radius 3 is 2.44 bits per heavy atom. The van der Waals surface area contributed by atoms with E-state index in [1.54, 1.807) is 0 Å². The van der Waals surface area contributed by atoms with E-state index in [4.69, 9.17) is 4.74 Å². The van der Waals surface area contributed by atoms with Crippen molar-refractivity contribution >= 4 is 10.2 Å². The number of ether oxygens (including phenoxy) is 1. The molecule has 0 spiro atoms. The molecule has 6 nitrogen and oxygen atoms in total. The van der Waals surface area contributed by atoms with Gasteiger partial charge < -0.3 is 9.84 Å². The van der Waals surface area contributed by atoms with Crippen LogP contribution in [-0.4, -0.2) is 66.6 Å². The predicted octanol–water partition coefficient (Wildman–Crippen LogP) is -0.203. The highest BCUT2D eigenvalue weighted by Gasteiger charge is 2.40. The Labute approximate surface area is 109 Å². The minimum atomic E-state index is -3.46. The topological polar surface area (TPSA) is 70.1 Å². The third kappa shape index (κ3) is 2.70. The lowest BCUT2D eigenvalue weighted by Gasteiger charge is -2.37. The van der Waals surface area contributed by atoms with Crippen molar-refractivity contribution in [2.75, 3.05) is 26.2 Å². The van der Waals surface area contributed by atoms with Gasteiger partial charge in [-0.1, -0.05) is 0 Å². The minimum Gasteiger partial charge on any atom is -0.395 e. The fourth-order valence-electron chi connectivity index (χ4n) is 2.76. The Kier molecular flexibility index (Phi) is 4.28. The van der Waals surface area contributed by atoms with E-state index in [1.165, 1.54) is 8.61 Å². The molecule has 2 unspecified atom stereocenters. The van der Waals surface area contributed by atoms with Crippen molar-refractivity contribution in [2.24, 2.45) is 0 Å². The van der Waals surface area contributed by atoms with E-state index >= 15 is 0 Å². The van der Waals surface area contributed by atoms with Gasteiger partial charge in [0, 0.05) is 25.7 Å². The lowest BCUT2D eigenvalue weighted by molar-refractivity contribution is -0.0456. The second kappa shape index (κ2) is 5.42. The summed E-state index contributed by atoms with van der Waals surface area (Å²) in [7, 11) is -3.46. The zero-order valence-corrected chi connectivity index (χ0v) is 11.8. The summed E-state index contributed by atoms with van der Waals surface area (Å²) < 4.78 is 33.5. The maximum atomic E-state index is 12.5. The summed E-state index contributed by atoms with van der Waals surface area (Å²) in [4.78, 5) is 0. The van der Waals surface area contributed by atoms with Crippen LogP contribution >= 0.6 is 0 Å². The van der Waals surface area contributed by atoms with Gasteiger partial charge in [-0.3, -0.25) is 0 Å². The molecule has 3 atom stereocenters. The first kappa shape index (κ1) is 14.2. The maximum absolute atomic E-state index is 12.5. The summed E-state index contributed by atoms with van der Waals surface area (Å²) in [5, 5.41) is 9.25. The Bertz CT molecular complexity index is 377. The van der Waals surface area contributed by atoms with Gasteiger partial charge >= 0.3 is 0 Å². The highest BCUT2D eigenvalue weighted by Crippen LogP contribution is 2.25. The molecule has 0 aliphatic carbocycles. The lowest BCUT2D eigenvalue weighted by Crippen LogP contribution is -2.54. The fraction of sp³-hybridized carbons (Fsp3) is 1.00. The maximum Gasteiger partial charge on any atom is 0.282 e. The molecule has 0 bridgehead atoms. The van der Waals surface area contributed by atoms with E-state index in [2.05, 4.69) is 0 Å². The van der Waals surface area contributed by atoms with Gasteiger partial charge in [0.2, 0.25) is 0 Å². The van der Waals surface area contributed by atoms with Gasteiger partial charge in [-0.25, -0.2) is 0 Å². The number of aliphatic hydroxyl groups is 1. The van der Waals surface area contributed by atoms with E-state index in [0.717, 1.165) is 12.8 Å². The molecule has 2 aliphatic heterocycles. The van der Waals surface area contributed by atoms with Crippen molar-refractivity contribution in [3.8, 4) is 0 Å². The molecule has 1 N–H and O–H groups in total. The van der Waals surface area contributed by atoms with Crippen LogP contribution in [0.2, 0.25) is 0 Å². The van der Waals surface area contributed by atoms with Crippen LogP contribution in [0, 0.1) is 0 Å². The normalized spacial score (nSPS) is 36.1. The molecule has 0 amide bonds. The zero-order chi connectivity index (χ0) is 13.3. The van der Waals surface area contributed by atoms with Crippen LogP contribution in [0.5, 0.6) is 0 Å². The van der Waals surface area contributed by atoms with Crippen LogP contribution in [0.4, 0.5) is 0 Å². The van der Waals surface area contributed by atoms with Gasteiger partial charge in [-0.2, -0.15) is 17.0 Å². The average Bonchev–Trinajstić information content (AvgIpc) is 2.76. The summed E-state index contributed by atoms with van der Waals surface area (Å²) >= 11 is 0. The molecule has 0 aromatic carbocycles. The van der Waals surface area contributed by atoms with Crippen LogP contribution in [0.25, 0.3) is 0 Å². The highest BCUT2D eigenvalue weighted by atomic mass is 32.2. The van der Waals surface area contributed by atoms with Crippen molar-refractivity contribution < 1.29 is 18.3 Å². The summed E-state index contributed by atoms with van der Waals surface area (Å²) in [5.74, 6) is 0. The SMILES string of the molecule is CC1CN(S(=O)(=O)N2CCC[C@@H]2CO)CC(C)O1. The van der Waals surface area contributed by atoms with E-state index in [0.29, 0.717) is 19.6 Å². The van der Waals surface area contributed by atoms with Crippen molar-refractivity contribution in [2.45, 2.75) is 44.9 Å². The van der Waals surface area contributed by atoms with Gasteiger partial charge in [-0.05, 0) is 26.7 Å². The van der Waals surface area contributed by atoms with Crippen molar-refractivity contribution in [1.82, 2.24) is 8.61 Å². The standard InChI is InChI=1S/C11H22N2O4S/c1-9-6-12(7-10(2)17-9)18(15,16)13-5-3-4-11(13)8-14/h9-11,14H,3-8H2,1-2H3/t9?,10?,11-/m1/s1. The Balaban J connectivity index is 2.15. The number of aliphatic hydroxyl groups excluding tert-OH is 1. The lowest BCUT2D eigenvalue weighted by atomic mass is 10.2. The quantitative estimate of drug-likeness (QED) is 0.776. The first-order valence-electron chi connectivity index (χ1n) is 6.48. The van der Waals surface area contributed by atoms with E-state index in [1.807, 2.05) is 13.8 Å². The molecule has 0 radical (unpaired) electrons. The van der Waals surface area contributed by atoms with Crippen LogP contribution in [0.15, 0.2) is 0 Å². The second-order valence-corrected chi connectivity index (χ2v) is 7.05. The number of nitrogens with zero attached hydrogens (tertiary/aromatic N) is 2. The van der Waals surface area contributed by atoms with Crippen molar-refractivity contribution in [1.29, 1.82) is 0 Å². The molecule has 0 aromatic heterocycles. The smallest absolute Gasteiger partial charge is 0.282 e. The van der Waals surface area contributed by atoms with Crippen LogP contribution in [0.1, 0.15) is 26.7 Å². The fourth-order valence-corrected chi connectivity index (χ4v) is 4.76. The number of hydrogen-bond donors (Lipinski definition) is 1. The minimum absolute atomic E-state index is 0.0845. The first-order chi connectivity index (χ1) is 8.45. The molecular formula is C11H22N2O4S. The Hall–Kier alpha value is -0.210. The molecule has 2 saturated heterocycles. The first-order valence-corrected chi connectivity index (χ1v) is 7.88. The monoisotopic (exact) mass is 278 g/mol. The van der Waals surface area contributed by atoms with E-state index < -0.39 is 10.2 Å². The van der Waals surface area contributed by atoms with Crippen molar-refractivity contribution in [3.63, 3.8) is 0 Å². The highest BCUT2D eigenvalue weighted by molar-refractivity contribution is 7.86. The number of morpholine rings is 1. The van der Waals surface area contributed by atoms with Gasteiger partial charge in [0.25, 0.3) is 10.2 Å². The van der Waals surface area contributed by atoms with Crippen molar-refractivity contribution in [3.05, 3.63) is 0 Å².